The summed E-state index contributed by atoms with van der Waals surface area (Å²) in [7, 11) is 0. The number of hydrogen-bond donors (Lipinski definition) is 1. The molecule has 1 saturated carbocycles. The van der Waals surface area contributed by atoms with Crippen LogP contribution in [0.5, 0.6) is 0 Å². The van der Waals surface area contributed by atoms with Crippen molar-refractivity contribution >= 4 is 11.5 Å². The van der Waals surface area contributed by atoms with Gasteiger partial charge in [-0.15, -0.1) is 0 Å². The molecule has 2 aromatic rings. The largest absolute Gasteiger partial charge is 0.399 e. The molecule has 3 rings (SSSR count). The van der Waals surface area contributed by atoms with Crippen LogP contribution in [0.4, 0.5) is 5.69 Å². The minimum absolute atomic E-state index is 0.233. The Bertz CT molecular complexity index is 627. The molecule has 2 heteroatoms. The summed E-state index contributed by atoms with van der Waals surface area (Å²) in [6.07, 6.45) is 1.89. The second kappa shape index (κ2) is 4.23. The van der Waals surface area contributed by atoms with Crippen molar-refractivity contribution in [2.24, 2.45) is 0 Å². The third-order valence-corrected chi connectivity index (χ3v) is 4.01. The lowest BCUT2D eigenvalue weighted by Crippen LogP contribution is -2.21. The van der Waals surface area contributed by atoms with E-state index in [0.717, 1.165) is 29.5 Å². The zero-order chi connectivity index (χ0) is 13.5. The maximum atomic E-state index is 12.8. The van der Waals surface area contributed by atoms with Crippen LogP contribution >= 0.6 is 0 Å². The first-order valence-electron chi connectivity index (χ1n) is 6.60. The summed E-state index contributed by atoms with van der Waals surface area (Å²) in [5.41, 5.74) is 9.07. The number of rotatable bonds is 3. The molecule has 0 aromatic heterocycles. The SMILES string of the molecule is Cc1cc(N)ccc1C(=O)C1(c2ccccc2)CC1. The first kappa shape index (κ1) is 12.0. The number of anilines is 1. The standard InChI is InChI=1S/C17H17NO/c1-12-11-14(18)7-8-15(12)16(19)17(9-10-17)13-5-3-2-4-6-13/h2-8,11H,9-10,18H2,1H3. The summed E-state index contributed by atoms with van der Waals surface area (Å²) in [5.74, 6) is 0.233. The molecule has 0 unspecified atom stereocenters. The monoisotopic (exact) mass is 251 g/mol. The molecule has 1 aliphatic rings. The van der Waals surface area contributed by atoms with Gasteiger partial charge in [0.2, 0.25) is 0 Å². The van der Waals surface area contributed by atoms with Crippen molar-refractivity contribution in [3.8, 4) is 0 Å². The average molecular weight is 251 g/mol. The second-order valence-corrected chi connectivity index (χ2v) is 5.35. The molecule has 2 nitrogen and oxygen atoms in total. The minimum Gasteiger partial charge on any atom is -0.399 e. The number of carbonyl (C=O) groups excluding carboxylic acids is 1. The van der Waals surface area contributed by atoms with Gasteiger partial charge in [0.05, 0.1) is 5.41 Å². The molecule has 1 aliphatic carbocycles. The molecule has 0 radical (unpaired) electrons. The summed E-state index contributed by atoms with van der Waals surface area (Å²) >= 11 is 0. The van der Waals surface area contributed by atoms with Crippen LogP contribution in [-0.2, 0) is 5.41 Å². The topological polar surface area (TPSA) is 43.1 Å². The lowest BCUT2D eigenvalue weighted by Gasteiger charge is -2.16. The zero-order valence-electron chi connectivity index (χ0n) is 11.0. The Balaban J connectivity index is 2.01. The molecule has 0 heterocycles. The Hall–Kier alpha value is -2.09. The molecule has 0 aliphatic heterocycles. The number of carbonyl (C=O) groups is 1. The third-order valence-electron chi connectivity index (χ3n) is 4.01. The van der Waals surface area contributed by atoms with Crippen molar-refractivity contribution in [2.45, 2.75) is 25.2 Å². The number of nitrogens with two attached hydrogens (primary N) is 1. The van der Waals surface area contributed by atoms with Crippen LogP contribution in [0.1, 0.15) is 34.3 Å². The first-order valence-corrected chi connectivity index (χ1v) is 6.60. The Morgan fingerprint density at radius 1 is 1.11 bits per heavy atom. The predicted octanol–water partition coefficient (Wildman–Crippen LogP) is 3.49. The Kier molecular flexibility index (Phi) is 2.67. The van der Waals surface area contributed by atoms with E-state index in [1.54, 1.807) is 6.07 Å². The fourth-order valence-corrected chi connectivity index (χ4v) is 2.73. The van der Waals surface area contributed by atoms with Gasteiger partial charge in [-0.3, -0.25) is 4.79 Å². The smallest absolute Gasteiger partial charge is 0.173 e. The number of hydrogen-bond acceptors (Lipinski definition) is 2. The molecule has 2 N–H and O–H groups in total. The number of ketones is 1. The van der Waals surface area contributed by atoms with Crippen molar-refractivity contribution < 1.29 is 4.79 Å². The molecule has 2 aromatic carbocycles. The second-order valence-electron chi connectivity index (χ2n) is 5.35. The van der Waals surface area contributed by atoms with E-state index in [1.165, 1.54) is 0 Å². The molecular formula is C17H17NO. The lowest BCUT2D eigenvalue weighted by atomic mass is 9.86. The van der Waals surface area contributed by atoms with Crippen LogP contribution in [0.2, 0.25) is 0 Å². The molecule has 0 spiro atoms. The molecule has 0 amide bonds. The summed E-state index contributed by atoms with van der Waals surface area (Å²) in [4.78, 5) is 12.8. The van der Waals surface area contributed by atoms with E-state index < -0.39 is 0 Å². The normalized spacial score (nSPS) is 16.1. The van der Waals surface area contributed by atoms with Crippen LogP contribution in [0, 0.1) is 6.92 Å². The number of Topliss-reactive ketones (excluding diaryl/α,β-unsaturated/α-hetero) is 1. The van der Waals surface area contributed by atoms with Crippen LogP contribution < -0.4 is 5.73 Å². The van der Waals surface area contributed by atoms with Crippen LogP contribution in [0.25, 0.3) is 0 Å². The molecule has 0 atom stereocenters. The fraction of sp³-hybridized carbons (Fsp3) is 0.235. The highest BCUT2D eigenvalue weighted by atomic mass is 16.1. The van der Waals surface area contributed by atoms with Gasteiger partial charge < -0.3 is 5.73 Å². The number of nitrogen functional groups attached to an aromatic ring is 1. The Labute approximate surface area is 113 Å². The summed E-state index contributed by atoms with van der Waals surface area (Å²) in [6, 6.07) is 15.6. The molecule has 0 bridgehead atoms. The van der Waals surface area contributed by atoms with Crippen molar-refractivity contribution in [1.82, 2.24) is 0 Å². The molecular weight excluding hydrogens is 234 g/mol. The van der Waals surface area contributed by atoms with Gasteiger partial charge in [0.1, 0.15) is 0 Å². The van der Waals surface area contributed by atoms with Crippen molar-refractivity contribution in [3.63, 3.8) is 0 Å². The Morgan fingerprint density at radius 2 is 1.79 bits per heavy atom. The van der Waals surface area contributed by atoms with Crippen molar-refractivity contribution in [2.75, 3.05) is 5.73 Å². The summed E-state index contributed by atoms with van der Waals surface area (Å²) in [6.45, 7) is 1.95. The molecule has 1 fully saturated rings. The highest BCUT2D eigenvalue weighted by Crippen LogP contribution is 2.50. The van der Waals surface area contributed by atoms with E-state index in [1.807, 2.05) is 37.3 Å². The summed E-state index contributed by atoms with van der Waals surface area (Å²) < 4.78 is 0. The minimum atomic E-state index is -0.290. The van der Waals surface area contributed by atoms with Crippen molar-refractivity contribution in [3.05, 3.63) is 65.2 Å². The van der Waals surface area contributed by atoms with Crippen molar-refractivity contribution in [1.29, 1.82) is 0 Å². The van der Waals surface area contributed by atoms with Gasteiger partial charge in [-0.25, -0.2) is 0 Å². The van der Waals surface area contributed by atoms with E-state index in [9.17, 15) is 4.79 Å². The molecule has 19 heavy (non-hydrogen) atoms. The van der Waals surface area contributed by atoms with E-state index in [2.05, 4.69) is 12.1 Å². The highest BCUT2D eigenvalue weighted by molar-refractivity contribution is 6.07. The maximum Gasteiger partial charge on any atom is 0.173 e. The highest BCUT2D eigenvalue weighted by Gasteiger charge is 2.51. The van der Waals surface area contributed by atoms with E-state index in [-0.39, 0.29) is 11.2 Å². The van der Waals surface area contributed by atoms with Gasteiger partial charge in [-0.2, -0.15) is 0 Å². The predicted molar refractivity (Wildman–Crippen MR) is 77.3 cm³/mol. The average Bonchev–Trinajstić information content (AvgIpc) is 3.20. The van der Waals surface area contributed by atoms with Gasteiger partial charge in [0, 0.05) is 11.3 Å². The fourth-order valence-electron chi connectivity index (χ4n) is 2.73. The Morgan fingerprint density at radius 3 is 2.37 bits per heavy atom. The van der Waals surface area contributed by atoms with Gasteiger partial charge >= 0.3 is 0 Å². The van der Waals surface area contributed by atoms with E-state index in [0.29, 0.717) is 5.69 Å². The third kappa shape index (κ3) is 1.93. The van der Waals surface area contributed by atoms with Gasteiger partial charge in [0.15, 0.2) is 5.78 Å². The van der Waals surface area contributed by atoms with Gasteiger partial charge in [-0.05, 0) is 49.1 Å². The van der Waals surface area contributed by atoms with Crippen LogP contribution in [0.15, 0.2) is 48.5 Å². The zero-order valence-corrected chi connectivity index (χ0v) is 11.0. The summed E-state index contributed by atoms with van der Waals surface area (Å²) in [5, 5.41) is 0. The quantitative estimate of drug-likeness (QED) is 0.670. The van der Waals surface area contributed by atoms with Gasteiger partial charge in [-0.1, -0.05) is 30.3 Å². The number of aryl methyl sites for hydroxylation is 1. The van der Waals surface area contributed by atoms with Crippen LogP contribution in [-0.4, -0.2) is 5.78 Å². The number of benzene rings is 2. The van der Waals surface area contributed by atoms with E-state index in [4.69, 9.17) is 5.73 Å². The molecule has 0 saturated heterocycles. The lowest BCUT2D eigenvalue weighted by molar-refractivity contribution is 0.0945. The van der Waals surface area contributed by atoms with Crippen LogP contribution in [0.3, 0.4) is 0 Å². The van der Waals surface area contributed by atoms with E-state index >= 15 is 0 Å². The van der Waals surface area contributed by atoms with Gasteiger partial charge in [0.25, 0.3) is 0 Å². The molecule has 96 valence electrons. The maximum absolute atomic E-state index is 12.8. The first-order chi connectivity index (χ1) is 9.13.